The van der Waals surface area contributed by atoms with Gasteiger partial charge in [0.05, 0.1) is 34.6 Å². The van der Waals surface area contributed by atoms with Gasteiger partial charge in [-0.2, -0.15) is 9.61 Å². The fourth-order valence-electron chi connectivity index (χ4n) is 4.68. The molecule has 0 aliphatic heterocycles. The van der Waals surface area contributed by atoms with Crippen molar-refractivity contribution in [3.8, 4) is 11.1 Å². The molecule has 4 aromatic rings. The summed E-state index contributed by atoms with van der Waals surface area (Å²) in [4.78, 5) is 9.49. The first-order valence-electron chi connectivity index (χ1n) is 10.5. The average Bonchev–Trinajstić information content (AvgIpc) is 3.22. The van der Waals surface area contributed by atoms with Crippen molar-refractivity contribution in [3.05, 3.63) is 52.6 Å². The molecule has 3 aromatic heterocycles. The summed E-state index contributed by atoms with van der Waals surface area (Å²) in [5, 5.41) is 15.2. The Labute approximate surface area is 192 Å². The summed E-state index contributed by atoms with van der Waals surface area (Å²) in [5.41, 5.74) is 9.75. The first-order chi connectivity index (χ1) is 15.4. The number of halogens is 2. The van der Waals surface area contributed by atoms with Crippen LogP contribution in [0.1, 0.15) is 31.4 Å². The molecule has 0 radical (unpaired) electrons. The number of aromatic nitrogens is 4. The van der Waals surface area contributed by atoms with Gasteiger partial charge in [-0.1, -0.05) is 0 Å². The topological polar surface area (TPSA) is 98.6 Å². The smallest absolute Gasteiger partial charge is 0.165 e. The van der Waals surface area contributed by atoms with Gasteiger partial charge < -0.3 is 15.6 Å². The Kier molecular flexibility index (Phi) is 5.35. The van der Waals surface area contributed by atoms with E-state index in [9.17, 15) is 9.50 Å². The maximum atomic E-state index is 13.8. The van der Waals surface area contributed by atoms with Crippen molar-refractivity contribution < 1.29 is 14.2 Å². The maximum absolute atomic E-state index is 13.8. The minimum Gasteiger partial charge on any atom is -0.393 e. The highest BCUT2D eigenvalue weighted by Crippen LogP contribution is 2.44. The van der Waals surface area contributed by atoms with Crippen LogP contribution in [-0.2, 0) is 10.2 Å². The summed E-state index contributed by atoms with van der Waals surface area (Å²) in [5.74, 6) is 0.128. The number of hydrogen-bond donors (Lipinski definition) is 2. The Morgan fingerprint density at radius 2 is 2.06 bits per heavy atom. The van der Waals surface area contributed by atoms with Crippen molar-refractivity contribution in [1.82, 2.24) is 19.6 Å². The van der Waals surface area contributed by atoms with E-state index in [0.29, 0.717) is 46.3 Å². The van der Waals surface area contributed by atoms with Crippen molar-refractivity contribution >= 4 is 38.3 Å². The molecule has 0 saturated heterocycles. The van der Waals surface area contributed by atoms with Gasteiger partial charge in [-0.25, -0.2) is 9.37 Å². The number of aliphatic hydroxyl groups excluding tert-OH is 1. The molecule has 166 valence electrons. The summed E-state index contributed by atoms with van der Waals surface area (Å²) >= 11 is 3.64. The van der Waals surface area contributed by atoms with Crippen LogP contribution >= 0.6 is 15.9 Å². The van der Waals surface area contributed by atoms with Gasteiger partial charge in [-0.15, -0.1) is 0 Å². The highest BCUT2D eigenvalue weighted by atomic mass is 79.9. The molecular formula is C23H23BrFN5O2. The summed E-state index contributed by atoms with van der Waals surface area (Å²) in [6.07, 6.45) is 5.95. The fourth-order valence-corrected chi connectivity index (χ4v) is 5.36. The molecule has 9 heteroatoms. The van der Waals surface area contributed by atoms with Crippen molar-refractivity contribution in [3.63, 3.8) is 0 Å². The van der Waals surface area contributed by atoms with Crippen LogP contribution in [0.15, 0.2) is 41.1 Å². The molecule has 3 heterocycles. The van der Waals surface area contributed by atoms with E-state index in [1.165, 1.54) is 12.1 Å². The number of rotatable bonds is 4. The van der Waals surface area contributed by atoms with Gasteiger partial charge >= 0.3 is 0 Å². The molecule has 0 spiro atoms. The molecule has 1 aromatic carbocycles. The lowest BCUT2D eigenvalue weighted by Gasteiger charge is -2.38. The fraction of sp³-hybridized carbons (Fsp3) is 0.348. The highest BCUT2D eigenvalue weighted by molar-refractivity contribution is 9.10. The first kappa shape index (κ1) is 21.2. The SMILES string of the molecule is COCC1(c2nc3c(-c4cnc5ccc(F)cc5c4)cnn3c(N)c2Br)CCC(O)CC1. The zero-order valence-electron chi connectivity index (χ0n) is 17.6. The van der Waals surface area contributed by atoms with Crippen LogP contribution < -0.4 is 5.73 Å². The zero-order chi connectivity index (χ0) is 22.5. The molecule has 1 saturated carbocycles. The van der Waals surface area contributed by atoms with E-state index >= 15 is 0 Å². The second kappa shape index (κ2) is 8.06. The number of hydrogen-bond acceptors (Lipinski definition) is 6. The Morgan fingerprint density at radius 3 is 2.81 bits per heavy atom. The predicted octanol–water partition coefficient (Wildman–Crippen LogP) is 4.25. The second-order valence-corrected chi connectivity index (χ2v) is 9.25. The highest BCUT2D eigenvalue weighted by Gasteiger charge is 2.40. The lowest BCUT2D eigenvalue weighted by atomic mass is 9.71. The molecule has 1 aliphatic rings. The maximum Gasteiger partial charge on any atom is 0.165 e. The van der Waals surface area contributed by atoms with Crippen LogP contribution in [0.3, 0.4) is 0 Å². The molecule has 1 aliphatic carbocycles. The number of nitrogen functional groups attached to an aromatic ring is 1. The monoisotopic (exact) mass is 499 g/mol. The zero-order valence-corrected chi connectivity index (χ0v) is 19.1. The van der Waals surface area contributed by atoms with Crippen molar-refractivity contribution in [2.75, 3.05) is 19.5 Å². The lowest BCUT2D eigenvalue weighted by Crippen LogP contribution is -2.39. The number of anilines is 1. The van der Waals surface area contributed by atoms with Gasteiger partial charge in [0.15, 0.2) is 5.65 Å². The average molecular weight is 500 g/mol. The van der Waals surface area contributed by atoms with Crippen molar-refractivity contribution in [1.29, 1.82) is 0 Å². The molecule has 1 fully saturated rings. The van der Waals surface area contributed by atoms with Gasteiger partial charge in [-0.05, 0) is 65.9 Å². The Hall–Kier alpha value is -2.62. The third-order valence-corrected chi connectivity index (χ3v) is 7.19. The minimum absolute atomic E-state index is 0.311. The minimum atomic E-state index is -0.366. The third kappa shape index (κ3) is 3.44. The van der Waals surface area contributed by atoms with E-state index in [1.54, 1.807) is 30.1 Å². The predicted molar refractivity (Wildman–Crippen MR) is 124 cm³/mol. The number of aliphatic hydroxyl groups is 1. The van der Waals surface area contributed by atoms with Gasteiger partial charge in [0.2, 0.25) is 0 Å². The van der Waals surface area contributed by atoms with Crippen LogP contribution in [0.25, 0.3) is 27.7 Å². The van der Waals surface area contributed by atoms with E-state index in [-0.39, 0.29) is 17.3 Å². The Bertz CT molecular complexity index is 1320. The van der Waals surface area contributed by atoms with Crippen LogP contribution in [0.2, 0.25) is 0 Å². The van der Waals surface area contributed by atoms with Gasteiger partial charge in [-0.3, -0.25) is 4.98 Å². The normalized spacial score (nSPS) is 21.4. The largest absolute Gasteiger partial charge is 0.393 e. The van der Waals surface area contributed by atoms with Crippen LogP contribution in [0.5, 0.6) is 0 Å². The number of pyridine rings is 1. The number of nitrogens with two attached hydrogens (primary N) is 1. The lowest BCUT2D eigenvalue weighted by molar-refractivity contribution is 0.0486. The van der Waals surface area contributed by atoms with Crippen molar-refractivity contribution in [2.45, 2.75) is 37.2 Å². The van der Waals surface area contributed by atoms with Gasteiger partial charge in [0.1, 0.15) is 11.6 Å². The molecule has 0 unspecified atom stereocenters. The molecule has 0 amide bonds. The van der Waals surface area contributed by atoms with E-state index in [1.807, 2.05) is 6.07 Å². The molecule has 0 bridgehead atoms. The number of nitrogens with zero attached hydrogens (tertiary/aromatic N) is 4. The standard InChI is InChI=1S/C23H23BrFN5O2/c1-32-12-23(6-4-16(31)5-7-23)20-19(24)21(26)30-22(29-20)17(11-28-30)14-8-13-9-15(25)2-3-18(13)27-10-14/h2-3,8-11,16,31H,4-7,12,26H2,1H3. The van der Waals surface area contributed by atoms with Crippen LogP contribution in [-0.4, -0.2) is 44.5 Å². The van der Waals surface area contributed by atoms with Gasteiger partial charge in [0.25, 0.3) is 0 Å². The second-order valence-electron chi connectivity index (χ2n) is 8.46. The first-order valence-corrected chi connectivity index (χ1v) is 11.3. The molecule has 5 rings (SSSR count). The van der Waals surface area contributed by atoms with Crippen molar-refractivity contribution in [2.24, 2.45) is 0 Å². The summed E-state index contributed by atoms with van der Waals surface area (Å²) in [7, 11) is 1.67. The molecule has 32 heavy (non-hydrogen) atoms. The third-order valence-electron chi connectivity index (χ3n) is 6.41. The summed E-state index contributed by atoms with van der Waals surface area (Å²) in [6.45, 7) is 0.473. The van der Waals surface area contributed by atoms with Gasteiger partial charge in [0, 0.05) is 35.2 Å². The molecule has 7 nitrogen and oxygen atoms in total. The molecule has 3 N–H and O–H groups in total. The number of ether oxygens (including phenoxy) is 1. The van der Waals surface area contributed by atoms with Crippen LogP contribution in [0, 0.1) is 5.82 Å². The van der Waals surface area contributed by atoms with E-state index in [0.717, 1.165) is 29.7 Å². The number of fused-ring (bicyclic) bond motifs is 2. The molecule has 0 atom stereocenters. The summed E-state index contributed by atoms with van der Waals surface area (Å²) in [6, 6.07) is 6.39. The quantitative estimate of drug-likeness (QED) is 0.435. The van der Waals surface area contributed by atoms with E-state index in [2.05, 4.69) is 26.0 Å². The van der Waals surface area contributed by atoms with E-state index in [4.69, 9.17) is 15.5 Å². The van der Waals surface area contributed by atoms with Crippen LogP contribution in [0.4, 0.5) is 10.2 Å². The molecular weight excluding hydrogens is 477 g/mol. The number of benzene rings is 1. The van der Waals surface area contributed by atoms with E-state index < -0.39 is 0 Å². The Morgan fingerprint density at radius 1 is 1.28 bits per heavy atom. The number of methoxy groups -OCH3 is 1. The Balaban J connectivity index is 1.69. The summed E-state index contributed by atoms with van der Waals surface area (Å²) < 4.78 is 21.6.